The monoisotopic (exact) mass is 532 g/mol. The standard InChI is InChI=1S/C29H29ClN4O4/c1-38-25-12-5-7-21(17-25)27(36)32-15-13-29(14-16-32)28(37)33(20-34(29)24-10-3-2-4-11-24)19-26(35)31-23-9-6-8-22(30)18-23/h2-12,17-18H,13-16,19-20H2,1H3,(H,31,35). The number of methoxy groups -OCH3 is 1. The number of carbonyl (C=O) groups excluding carboxylic acids is 3. The van der Waals surface area contributed by atoms with Crippen molar-refractivity contribution in [2.75, 3.05) is 43.6 Å². The number of carbonyl (C=O) groups is 3. The first kappa shape index (κ1) is 25.6. The lowest BCUT2D eigenvalue weighted by Gasteiger charge is -2.43. The Labute approximate surface area is 226 Å². The molecule has 0 saturated carbocycles. The molecule has 0 radical (unpaired) electrons. The van der Waals surface area contributed by atoms with Crippen LogP contribution in [0.25, 0.3) is 0 Å². The predicted molar refractivity (Wildman–Crippen MR) is 146 cm³/mol. The van der Waals surface area contributed by atoms with Crippen LogP contribution in [-0.4, -0.2) is 66.5 Å². The SMILES string of the molecule is COc1cccc(C(=O)N2CCC3(CC2)C(=O)N(CC(=O)Nc2cccc(Cl)c2)CN3c2ccccc2)c1. The number of rotatable bonds is 6. The number of ether oxygens (including phenoxy) is 1. The van der Waals surface area contributed by atoms with E-state index in [4.69, 9.17) is 16.3 Å². The second-order valence-electron chi connectivity index (χ2n) is 9.52. The summed E-state index contributed by atoms with van der Waals surface area (Å²) in [7, 11) is 1.57. The zero-order valence-electron chi connectivity index (χ0n) is 21.1. The quantitative estimate of drug-likeness (QED) is 0.513. The third kappa shape index (κ3) is 5.04. The Morgan fingerprint density at radius 3 is 2.42 bits per heavy atom. The second kappa shape index (κ2) is 10.8. The molecule has 2 aliphatic heterocycles. The van der Waals surface area contributed by atoms with Crippen molar-refractivity contribution in [2.24, 2.45) is 0 Å². The maximum Gasteiger partial charge on any atom is 0.253 e. The summed E-state index contributed by atoms with van der Waals surface area (Å²) in [6, 6.07) is 23.7. The summed E-state index contributed by atoms with van der Waals surface area (Å²) in [6.45, 7) is 1.06. The third-order valence-electron chi connectivity index (χ3n) is 7.22. The van der Waals surface area contributed by atoms with Gasteiger partial charge in [0.2, 0.25) is 5.91 Å². The summed E-state index contributed by atoms with van der Waals surface area (Å²) in [5.74, 6) is 0.137. The van der Waals surface area contributed by atoms with Gasteiger partial charge in [-0.05, 0) is 61.4 Å². The van der Waals surface area contributed by atoms with E-state index in [0.29, 0.717) is 48.0 Å². The molecule has 2 saturated heterocycles. The number of amides is 3. The molecule has 3 aromatic rings. The van der Waals surface area contributed by atoms with Gasteiger partial charge in [-0.15, -0.1) is 0 Å². The van der Waals surface area contributed by atoms with Gasteiger partial charge in [-0.3, -0.25) is 14.4 Å². The van der Waals surface area contributed by atoms with Gasteiger partial charge < -0.3 is 24.8 Å². The highest BCUT2D eigenvalue weighted by Gasteiger charge is 2.54. The molecule has 3 aromatic carbocycles. The zero-order valence-corrected chi connectivity index (χ0v) is 21.9. The van der Waals surface area contributed by atoms with Crippen molar-refractivity contribution in [3.05, 3.63) is 89.4 Å². The fraction of sp³-hybridized carbons (Fsp3) is 0.276. The molecular weight excluding hydrogens is 504 g/mol. The first-order chi connectivity index (χ1) is 18.4. The lowest BCUT2D eigenvalue weighted by atomic mass is 9.85. The van der Waals surface area contributed by atoms with E-state index >= 15 is 0 Å². The highest BCUT2D eigenvalue weighted by atomic mass is 35.5. The molecule has 38 heavy (non-hydrogen) atoms. The molecule has 2 heterocycles. The van der Waals surface area contributed by atoms with Crippen molar-refractivity contribution in [2.45, 2.75) is 18.4 Å². The Morgan fingerprint density at radius 1 is 0.974 bits per heavy atom. The molecule has 0 bridgehead atoms. The summed E-state index contributed by atoms with van der Waals surface area (Å²) < 4.78 is 5.27. The van der Waals surface area contributed by atoms with Crippen LogP contribution in [0.4, 0.5) is 11.4 Å². The van der Waals surface area contributed by atoms with Crippen LogP contribution in [0.15, 0.2) is 78.9 Å². The first-order valence-electron chi connectivity index (χ1n) is 12.5. The highest BCUT2D eigenvalue weighted by Crippen LogP contribution is 2.39. The van der Waals surface area contributed by atoms with Crippen LogP contribution >= 0.6 is 11.6 Å². The Balaban J connectivity index is 1.33. The van der Waals surface area contributed by atoms with Crippen LogP contribution in [0.2, 0.25) is 5.02 Å². The largest absolute Gasteiger partial charge is 0.497 e. The smallest absolute Gasteiger partial charge is 0.253 e. The van der Waals surface area contributed by atoms with Crippen LogP contribution in [0, 0.1) is 0 Å². The van der Waals surface area contributed by atoms with Crippen molar-refractivity contribution < 1.29 is 19.1 Å². The second-order valence-corrected chi connectivity index (χ2v) is 9.96. The van der Waals surface area contributed by atoms with Crippen LogP contribution in [-0.2, 0) is 9.59 Å². The fourth-order valence-electron chi connectivity index (χ4n) is 5.28. The van der Waals surface area contributed by atoms with E-state index in [-0.39, 0.29) is 30.9 Å². The third-order valence-corrected chi connectivity index (χ3v) is 7.45. The Hall–Kier alpha value is -4.04. The maximum atomic E-state index is 13.9. The maximum absolute atomic E-state index is 13.9. The van der Waals surface area contributed by atoms with E-state index in [2.05, 4.69) is 10.2 Å². The molecule has 0 atom stereocenters. The van der Waals surface area contributed by atoms with Gasteiger partial charge in [-0.2, -0.15) is 0 Å². The molecule has 1 N–H and O–H groups in total. The van der Waals surface area contributed by atoms with E-state index in [1.54, 1.807) is 65.4 Å². The van der Waals surface area contributed by atoms with Gasteiger partial charge in [0.05, 0.1) is 13.8 Å². The first-order valence-corrected chi connectivity index (χ1v) is 12.9. The number of nitrogens with one attached hydrogen (secondary N) is 1. The van der Waals surface area contributed by atoms with E-state index in [0.717, 1.165) is 5.69 Å². The number of anilines is 2. The molecule has 8 nitrogen and oxygen atoms in total. The van der Waals surface area contributed by atoms with Crippen molar-refractivity contribution in [1.82, 2.24) is 9.80 Å². The number of hydrogen-bond donors (Lipinski definition) is 1. The van der Waals surface area contributed by atoms with Crippen LogP contribution in [0.1, 0.15) is 23.2 Å². The van der Waals surface area contributed by atoms with Gasteiger partial charge in [0.25, 0.3) is 11.8 Å². The van der Waals surface area contributed by atoms with Gasteiger partial charge in [-0.1, -0.05) is 41.9 Å². The number of likely N-dealkylation sites (tertiary alicyclic amines) is 1. The van der Waals surface area contributed by atoms with Gasteiger partial charge in [0.1, 0.15) is 17.8 Å². The molecular formula is C29H29ClN4O4. The number of benzene rings is 3. The predicted octanol–water partition coefficient (Wildman–Crippen LogP) is 4.27. The molecule has 196 valence electrons. The molecule has 2 fully saturated rings. The topological polar surface area (TPSA) is 82.2 Å². The number of nitrogens with zero attached hydrogens (tertiary/aromatic N) is 3. The fourth-order valence-corrected chi connectivity index (χ4v) is 5.47. The van der Waals surface area contributed by atoms with Gasteiger partial charge in [-0.25, -0.2) is 0 Å². The van der Waals surface area contributed by atoms with Crippen molar-refractivity contribution in [3.63, 3.8) is 0 Å². The lowest BCUT2D eigenvalue weighted by Crippen LogP contribution is -2.57. The normalized spacial score (nSPS) is 16.6. The van der Waals surface area contributed by atoms with Crippen molar-refractivity contribution in [3.8, 4) is 5.75 Å². The average molecular weight is 533 g/mol. The van der Waals surface area contributed by atoms with Crippen molar-refractivity contribution >= 4 is 40.7 Å². The average Bonchev–Trinajstić information content (AvgIpc) is 3.19. The van der Waals surface area contributed by atoms with Crippen LogP contribution < -0.4 is 15.0 Å². The molecule has 9 heteroatoms. The van der Waals surface area contributed by atoms with E-state index in [1.807, 2.05) is 30.3 Å². The lowest BCUT2D eigenvalue weighted by molar-refractivity contribution is -0.136. The number of halogens is 1. The molecule has 0 aliphatic carbocycles. The summed E-state index contributed by atoms with van der Waals surface area (Å²) in [5, 5.41) is 3.34. The Morgan fingerprint density at radius 2 is 1.71 bits per heavy atom. The number of piperidine rings is 1. The van der Waals surface area contributed by atoms with E-state index in [1.165, 1.54) is 0 Å². The number of para-hydroxylation sites is 1. The van der Waals surface area contributed by atoms with E-state index < -0.39 is 5.54 Å². The van der Waals surface area contributed by atoms with Crippen LogP contribution in [0.3, 0.4) is 0 Å². The molecule has 3 amide bonds. The minimum atomic E-state index is -0.831. The van der Waals surface area contributed by atoms with Gasteiger partial charge in [0.15, 0.2) is 0 Å². The van der Waals surface area contributed by atoms with Gasteiger partial charge in [0, 0.05) is 35.1 Å². The minimum Gasteiger partial charge on any atom is -0.497 e. The molecule has 0 aromatic heterocycles. The molecule has 5 rings (SSSR count). The molecule has 0 unspecified atom stereocenters. The summed E-state index contributed by atoms with van der Waals surface area (Å²) in [5.41, 5.74) is 1.21. The van der Waals surface area contributed by atoms with E-state index in [9.17, 15) is 14.4 Å². The van der Waals surface area contributed by atoms with Crippen molar-refractivity contribution in [1.29, 1.82) is 0 Å². The van der Waals surface area contributed by atoms with Gasteiger partial charge >= 0.3 is 0 Å². The highest BCUT2D eigenvalue weighted by molar-refractivity contribution is 6.30. The summed E-state index contributed by atoms with van der Waals surface area (Å²) in [4.78, 5) is 45.4. The molecule has 1 spiro atoms. The minimum absolute atomic E-state index is 0.0805. The summed E-state index contributed by atoms with van der Waals surface area (Å²) in [6.07, 6.45) is 0.922. The summed E-state index contributed by atoms with van der Waals surface area (Å²) >= 11 is 6.04. The molecule has 2 aliphatic rings. The van der Waals surface area contributed by atoms with Crippen LogP contribution in [0.5, 0.6) is 5.75 Å². The Kier molecular flexibility index (Phi) is 7.24. The Bertz CT molecular complexity index is 1340. The zero-order chi connectivity index (χ0) is 26.7. The number of hydrogen-bond acceptors (Lipinski definition) is 5.